The lowest BCUT2D eigenvalue weighted by molar-refractivity contribution is 0.384. The molecule has 2 aliphatic rings. The summed E-state index contributed by atoms with van der Waals surface area (Å²) in [5, 5.41) is 0. The van der Waals surface area contributed by atoms with E-state index in [9.17, 15) is 4.79 Å². The summed E-state index contributed by atoms with van der Waals surface area (Å²) >= 11 is 0. The van der Waals surface area contributed by atoms with Crippen LogP contribution in [0.5, 0.6) is 0 Å². The maximum atomic E-state index is 10.5. The molecule has 0 spiro atoms. The summed E-state index contributed by atoms with van der Waals surface area (Å²) in [6, 6.07) is 0. The number of carbonyl (C=O) groups excluding carboxylic acids is 1. The molecule has 0 atom stereocenters. The second kappa shape index (κ2) is 1.59. The standard InChI is InChI=1S/C8H11O/c9-6-8-3-1-7(5-8)2-4-8/h7H,1-5H2. The molecule has 0 amide bonds. The van der Waals surface area contributed by atoms with Gasteiger partial charge >= 0.3 is 0 Å². The van der Waals surface area contributed by atoms with Crippen molar-refractivity contribution in [3.8, 4) is 0 Å². The van der Waals surface area contributed by atoms with E-state index in [1.165, 1.54) is 12.8 Å². The molecular formula is C8H11O. The monoisotopic (exact) mass is 123 g/mol. The molecule has 2 bridgehead atoms. The van der Waals surface area contributed by atoms with E-state index in [-0.39, 0.29) is 5.41 Å². The summed E-state index contributed by atoms with van der Waals surface area (Å²) in [6.07, 6.45) is 8.19. The van der Waals surface area contributed by atoms with Gasteiger partial charge in [-0.1, -0.05) is 0 Å². The second-order valence-corrected chi connectivity index (χ2v) is 3.53. The number of hydrogen-bond donors (Lipinski definition) is 0. The van der Waals surface area contributed by atoms with Crippen molar-refractivity contribution >= 4 is 6.29 Å². The third kappa shape index (κ3) is 0.637. The summed E-state index contributed by atoms with van der Waals surface area (Å²) in [6.45, 7) is 0. The minimum atomic E-state index is 0.0463. The molecule has 0 N–H and O–H groups in total. The van der Waals surface area contributed by atoms with Crippen LogP contribution in [-0.4, -0.2) is 6.29 Å². The van der Waals surface area contributed by atoms with Gasteiger partial charge in [0.1, 0.15) is 0 Å². The zero-order chi connectivity index (χ0) is 6.32. The Kier molecular flexibility index (Phi) is 0.961. The van der Waals surface area contributed by atoms with E-state index in [0.29, 0.717) is 0 Å². The molecule has 1 nitrogen and oxygen atoms in total. The van der Waals surface area contributed by atoms with E-state index >= 15 is 0 Å². The van der Waals surface area contributed by atoms with Gasteiger partial charge in [0.05, 0.1) is 0 Å². The molecule has 0 unspecified atom stereocenters. The Bertz CT molecular complexity index is 132. The number of fused-ring (bicyclic) bond motifs is 2. The Hall–Kier alpha value is -0.330. The molecule has 1 radical (unpaired) electrons. The fraction of sp³-hybridized carbons (Fsp3) is 0.875. The first-order valence-corrected chi connectivity index (χ1v) is 3.74. The highest BCUT2D eigenvalue weighted by molar-refractivity contribution is 5.61. The van der Waals surface area contributed by atoms with Gasteiger partial charge in [-0.15, -0.1) is 0 Å². The van der Waals surface area contributed by atoms with Crippen LogP contribution in [0.1, 0.15) is 32.1 Å². The average molecular weight is 123 g/mol. The van der Waals surface area contributed by atoms with E-state index < -0.39 is 0 Å². The van der Waals surface area contributed by atoms with E-state index in [2.05, 4.69) is 6.29 Å². The predicted molar refractivity (Wildman–Crippen MR) is 34.7 cm³/mol. The Morgan fingerprint density at radius 3 is 2.22 bits per heavy atom. The van der Waals surface area contributed by atoms with Crippen LogP contribution in [0.25, 0.3) is 0 Å². The van der Waals surface area contributed by atoms with Crippen LogP contribution < -0.4 is 0 Å². The Morgan fingerprint density at radius 1 is 1.33 bits per heavy atom. The molecule has 0 saturated heterocycles. The lowest BCUT2D eigenvalue weighted by atomic mass is 9.86. The first-order chi connectivity index (χ1) is 4.35. The highest BCUT2D eigenvalue weighted by Crippen LogP contribution is 2.52. The summed E-state index contributed by atoms with van der Waals surface area (Å²) in [4.78, 5) is 10.5. The van der Waals surface area contributed by atoms with Gasteiger partial charge in [0, 0.05) is 5.41 Å². The highest BCUT2D eigenvalue weighted by Gasteiger charge is 2.45. The van der Waals surface area contributed by atoms with Crippen molar-refractivity contribution in [3.05, 3.63) is 0 Å². The summed E-state index contributed by atoms with van der Waals surface area (Å²) in [5.74, 6) is 0.881. The van der Waals surface area contributed by atoms with E-state index in [1.54, 1.807) is 0 Å². The minimum Gasteiger partial charge on any atom is -0.290 e. The Labute approximate surface area is 55.4 Å². The molecule has 2 fully saturated rings. The molecule has 9 heavy (non-hydrogen) atoms. The first kappa shape index (κ1) is 5.45. The molecule has 2 saturated carbocycles. The SMILES string of the molecule is O=[C]C12CCC(CC1)C2. The molecule has 0 aliphatic heterocycles. The molecular weight excluding hydrogens is 112 g/mol. The Balaban J connectivity index is 2.21. The van der Waals surface area contributed by atoms with Crippen LogP contribution in [0.2, 0.25) is 0 Å². The summed E-state index contributed by atoms with van der Waals surface area (Å²) in [5.41, 5.74) is 0.0463. The van der Waals surface area contributed by atoms with Crippen LogP contribution >= 0.6 is 0 Å². The first-order valence-electron chi connectivity index (χ1n) is 3.74. The van der Waals surface area contributed by atoms with Gasteiger partial charge < -0.3 is 0 Å². The molecule has 0 aromatic rings. The van der Waals surface area contributed by atoms with Gasteiger partial charge in [-0.25, -0.2) is 0 Å². The molecule has 2 rings (SSSR count). The van der Waals surface area contributed by atoms with Crippen molar-refractivity contribution < 1.29 is 4.79 Å². The van der Waals surface area contributed by atoms with Crippen LogP contribution in [0.15, 0.2) is 0 Å². The number of rotatable bonds is 1. The maximum absolute atomic E-state index is 10.5. The fourth-order valence-electron chi connectivity index (χ4n) is 2.33. The van der Waals surface area contributed by atoms with Crippen molar-refractivity contribution in [2.24, 2.45) is 11.3 Å². The molecule has 2 aliphatic carbocycles. The van der Waals surface area contributed by atoms with E-state index in [4.69, 9.17) is 0 Å². The third-order valence-corrected chi connectivity index (χ3v) is 2.96. The van der Waals surface area contributed by atoms with Crippen molar-refractivity contribution in [2.75, 3.05) is 0 Å². The molecule has 0 aromatic carbocycles. The van der Waals surface area contributed by atoms with Gasteiger partial charge in [-0.2, -0.15) is 0 Å². The smallest absolute Gasteiger partial charge is 0.205 e. The quantitative estimate of drug-likeness (QED) is 0.518. The van der Waals surface area contributed by atoms with Crippen LogP contribution in [-0.2, 0) is 4.79 Å². The van der Waals surface area contributed by atoms with Crippen LogP contribution in [0, 0.1) is 11.3 Å². The Morgan fingerprint density at radius 2 is 2.00 bits per heavy atom. The van der Waals surface area contributed by atoms with Crippen molar-refractivity contribution in [1.82, 2.24) is 0 Å². The molecule has 0 aromatic heterocycles. The largest absolute Gasteiger partial charge is 0.290 e. The van der Waals surface area contributed by atoms with Gasteiger partial charge in [0.2, 0.25) is 6.29 Å². The fourth-order valence-corrected chi connectivity index (χ4v) is 2.33. The molecule has 1 heteroatoms. The highest BCUT2D eigenvalue weighted by atomic mass is 16.1. The van der Waals surface area contributed by atoms with Gasteiger partial charge in [0.15, 0.2) is 0 Å². The van der Waals surface area contributed by atoms with Crippen molar-refractivity contribution in [2.45, 2.75) is 32.1 Å². The van der Waals surface area contributed by atoms with Gasteiger partial charge in [0.25, 0.3) is 0 Å². The maximum Gasteiger partial charge on any atom is 0.205 e. The zero-order valence-corrected chi connectivity index (χ0v) is 5.52. The van der Waals surface area contributed by atoms with E-state index in [1.807, 2.05) is 0 Å². The zero-order valence-electron chi connectivity index (χ0n) is 5.52. The predicted octanol–water partition coefficient (Wildman–Crippen LogP) is 1.68. The molecule has 0 heterocycles. The molecule has 49 valence electrons. The van der Waals surface area contributed by atoms with E-state index in [0.717, 1.165) is 25.2 Å². The normalized spacial score (nSPS) is 47.8. The van der Waals surface area contributed by atoms with Gasteiger partial charge in [-0.3, -0.25) is 4.79 Å². The topological polar surface area (TPSA) is 17.1 Å². The summed E-state index contributed by atoms with van der Waals surface area (Å²) in [7, 11) is 0. The summed E-state index contributed by atoms with van der Waals surface area (Å²) < 4.78 is 0. The lowest BCUT2D eigenvalue weighted by Gasteiger charge is -2.16. The average Bonchev–Trinajstić information content (AvgIpc) is 2.46. The third-order valence-electron chi connectivity index (χ3n) is 2.96. The van der Waals surface area contributed by atoms with Crippen LogP contribution in [0.4, 0.5) is 0 Å². The van der Waals surface area contributed by atoms with Crippen molar-refractivity contribution in [3.63, 3.8) is 0 Å². The van der Waals surface area contributed by atoms with Gasteiger partial charge in [-0.05, 0) is 38.0 Å². The van der Waals surface area contributed by atoms with Crippen LogP contribution in [0.3, 0.4) is 0 Å². The van der Waals surface area contributed by atoms with Crippen molar-refractivity contribution in [1.29, 1.82) is 0 Å². The minimum absolute atomic E-state index is 0.0463. The number of hydrogen-bond acceptors (Lipinski definition) is 1. The lowest BCUT2D eigenvalue weighted by Crippen LogP contribution is -2.14. The second-order valence-electron chi connectivity index (χ2n) is 3.53.